The Morgan fingerprint density at radius 3 is 2.11 bits per heavy atom. The molecule has 0 aromatic heterocycles. The molecule has 2 aromatic carbocycles. The van der Waals surface area contributed by atoms with E-state index in [1.54, 1.807) is 35.2 Å². The second kappa shape index (κ2) is 8.97. The summed E-state index contributed by atoms with van der Waals surface area (Å²) in [6.07, 6.45) is -7.93. The molecule has 1 fully saturated rings. The molecule has 0 spiro atoms. The minimum atomic E-state index is -4.63. The molecule has 0 bridgehead atoms. The molecule has 5 nitrogen and oxygen atoms in total. The number of halogens is 3. The largest absolute Gasteiger partial charge is 0.435 e. The van der Waals surface area contributed by atoms with E-state index >= 15 is 0 Å². The fourth-order valence-corrected chi connectivity index (χ4v) is 3.07. The summed E-state index contributed by atoms with van der Waals surface area (Å²) in [4.78, 5) is 15.7. The molecular formula is C20H22F3N3O2. The highest BCUT2D eigenvalue weighted by Crippen LogP contribution is 2.25. The Morgan fingerprint density at radius 2 is 1.54 bits per heavy atom. The van der Waals surface area contributed by atoms with Crippen LogP contribution in [-0.4, -0.2) is 56.0 Å². The van der Waals surface area contributed by atoms with Gasteiger partial charge in [0.05, 0.1) is 0 Å². The number of amides is 1. The lowest BCUT2D eigenvalue weighted by atomic mass is 10.2. The smallest absolute Gasteiger partial charge is 0.426 e. The number of anilines is 2. The van der Waals surface area contributed by atoms with Crippen LogP contribution in [-0.2, 0) is 4.74 Å². The zero-order valence-corrected chi connectivity index (χ0v) is 15.2. The molecule has 150 valence electrons. The zero-order chi connectivity index (χ0) is 20.0. The average molecular weight is 393 g/mol. The van der Waals surface area contributed by atoms with Crippen molar-refractivity contribution in [2.45, 2.75) is 12.3 Å². The normalized spacial score (nSPS) is 16.5. The Bertz CT molecular complexity index is 748. The number of carbonyl (C=O) groups is 1. The molecule has 8 heteroatoms. The topological polar surface area (TPSA) is 44.8 Å². The van der Waals surface area contributed by atoms with Crippen molar-refractivity contribution in [3.8, 4) is 0 Å². The Balaban J connectivity index is 1.54. The van der Waals surface area contributed by atoms with Crippen LogP contribution in [0.1, 0.15) is 0 Å². The molecule has 1 N–H and O–H groups in total. The highest BCUT2D eigenvalue weighted by Gasteiger charge is 2.44. The van der Waals surface area contributed by atoms with Crippen LogP contribution >= 0.6 is 0 Å². The van der Waals surface area contributed by atoms with Gasteiger partial charge in [0.25, 0.3) is 0 Å². The van der Waals surface area contributed by atoms with Crippen molar-refractivity contribution in [2.24, 2.45) is 0 Å². The maximum absolute atomic E-state index is 13.4. The molecule has 1 amide bonds. The zero-order valence-electron chi connectivity index (χ0n) is 15.2. The van der Waals surface area contributed by atoms with Gasteiger partial charge in [-0.1, -0.05) is 36.4 Å². The molecular weight excluding hydrogens is 371 g/mol. The summed E-state index contributed by atoms with van der Waals surface area (Å²) in [5.74, 6) is 0. The van der Waals surface area contributed by atoms with E-state index in [0.29, 0.717) is 31.9 Å². The molecule has 2 aromatic rings. The molecule has 0 saturated carbocycles. The van der Waals surface area contributed by atoms with Crippen LogP contribution in [0.2, 0.25) is 0 Å². The highest BCUT2D eigenvalue weighted by atomic mass is 19.4. The van der Waals surface area contributed by atoms with Crippen LogP contribution in [0.3, 0.4) is 0 Å². The number of piperazine rings is 1. The maximum Gasteiger partial charge on any atom is 0.426 e. The van der Waals surface area contributed by atoms with Crippen LogP contribution in [0.5, 0.6) is 0 Å². The van der Waals surface area contributed by atoms with Crippen LogP contribution in [0.15, 0.2) is 60.7 Å². The number of alkyl halides is 3. The fourth-order valence-electron chi connectivity index (χ4n) is 3.07. The predicted molar refractivity (Wildman–Crippen MR) is 101 cm³/mol. The number of para-hydroxylation sites is 2. The summed E-state index contributed by atoms with van der Waals surface area (Å²) in [6, 6.07) is 18.0. The SMILES string of the molecule is O=C(Nc1ccccc1)O[C@H](CN1CCN(c2ccccc2)CC1)C(F)(F)F. The van der Waals surface area contributed by atoms with Gasteiger partial charge in [-0.05, 0) is 24.3 Å². The lowest BCUT2D eigenvalue weighted by Gasteiger charge is -2.37. The van der Waals surface area contributed by atoms with Crippen molar-refractivity contribution in [2.75, 3.05) is 42.9 Å². The first-order valence-corrected chi connectivity index (χ1v) is 9.03. The number of hydrogen-bond donors (Lipinski definition) is 1. The Kier molecular flexibility index (Phi) is 6.41. The molecule has 1 aliphatic rings. The van der Waals surface area contributed by atoms with E-state index in [2.05, 4.69) is 10.2 Å². The van der Waals surface area contributed by atoms with E-state index < -0.39 is 18.4 Å². The van der Waals surface area contributed by atoms with E-state index in [4.69, 9.17) is 4.74 Å². The summed E-state index contributed by atoms with van der Waals surface area (Å²) in [5, 5.41) is 2.32. The summed E-state index contributed by atoms with van der Waals surface area (Å²) in [6.45, 7) is 1.78. The van der Waals surface area contributed by atoms with Crippen molar-refractivity contribution in [1.82, 2.24) is 4.90 Å². The lowest BCUT2D eigenvalue weighted by molar-refractivity contribution is -0.206. The van der Waals surface area contributed by atoms with Gasteiger partial charge in [-0.2, -0.15) is 13.2 Å². The highest BCUT2D eigenvalue weighted by molar-refractivity contribution is 5.84. The van der Waals surface area contributed by atoms with E-state index in [9.17, 15) is 18.0 Å². The Labute approximate surface area is 161 Å². The molecule has 28 heavy (non-hydrogen) atoms. The van der Waals surface area contributed by atoms with Gasteiger partial charge >= 0.3 is 12.3 Å². The number of carbonyl (C=O) groups excluding carboxylic acids is 1. The van der Waals surface area contributed by atoms with Crippen molar-refractivity contribution in [3.05, 3.63) is 60.7 Å². The first-order chi connectivity index (χ1) is 13.4. The molecule has 0 radical (unpaired) electrons. The van der Waals surface area contributed by atoms with Crippen molar-refractivity contribution in [3.63, 3.8) is 0 Å². The molecule has 1 heterocycles. The Morgan fingerprint density at radius 1 is 0.964 bits per heavy atom. The first-order valence-electron chi connectivity index (χ1n) is 9.03. The standard InChI is InChI=1S/C20H22F3N3O2/c21-20(22,23)18(28-19(27)24-16-7-3-1-4-8-16)15-25-11-13-26(14-12-25)17-9-5-2-6-10-17/h1-10,18H,11-15H2,(H,24,27)/t18-/m1/s1. The van der Waals surface area contributed by atoms with Gasteiger partial charge in [0.1, 0.15) is 0 Å². The third-order valence-corrected chi connectivity index (χ3v) is 4.55. The molecule has 1 saturated heterocycles. The number of hydrogen-bond acceptors (Lipinski definition) is 4. The second-order valence-corrected chi connectivity index (χ2v) is 6.55. The molecule has 1 aliphatic heterocycles. The number of benzene rings is 2. The van der Waals surface area contributed by atoms with Crippen molar-refractivity contribution >= 4 is 17.5 Å². The molecule has 1 atom stereocenters. The summed E-state index contributed by atoms with van der Waals surface area (Å²) in [5.41, 5.74) is 1.43. The third kappa shape index (κ3) is 5.63. The summed E-state index contributed by atoms with van der Waals surface area (Å²) < 4.78 is 44.8. The van der Waals surface area contributed by atoms with Crippen LogP contribution in [0.25, 0.3) is 0 Å². The number of nitrogens with zero attached hydrogens (tertiary/aromatic N) is 2. The van der Waals surface area contributed by atoms with Crippen LogP contribution in [0.4, 0.5) is 29.3 Å². The summed E-state index contributed by atoms with van der Waals surface area (Å²) in [7, 11) is 0. The number of rotatable bonds is 5. The van der Waals surface area contributed by atoms with Gasteiger partial charge in [-0.25, -0.2) is 4.79 Å². The lowest BCUT2D eigenvalue weighted by Crippen LogP contribution is -2.52. The quantitative estimate of drug-likeness (QED) is 0.835. The Hall–Kier alpha value is -2.74. The third-order valence-electron chi connectivity index (χ3n) is 4.55. The van der Waals surface area contributed by atoms with Gasteiger partial charge in [0.15, 0.2) is 0 Å². The molecule has 3 rings (SSSR count). The average Bonchev–Trinajstić information content (AvgIpc) is 2.69. The van der Waals surface area contributed by atoms with Gasteiger partial charge in [-0.15, -0.1) is 0 Å². The van der Waals surface area contributed by atoms with E-state index in [0.717, 1.165) is 5.69 Å². The maximum atomic E-state index is 13.4. The van der Waals surface area contributed by atoms with Crippen LogP contribution < -0.4 is 10.2 Å². The van der Waals surface area contributed by atoms with E-state index in [-0.39, 0.29) is 6.54 Å². The van der Waals surface area contributed by atoms with E-state index in [1.807, 2.05) is 30.3 Å². The predicted octanol–water partition coefficient (Wildman–Crippen LogP) is 3.99. The number of ether oxygens (including phenoxy) is 1. The van der Waals surface area contributed by atoms with Gasteiger partial charge in [0.2, 0.25) is 6.10 Å². The van der Waals surface area contributed by atoms with Crippen molar-refractivity contribution in [1.29, 1.82) is 0 Å². The van der Waals surface area contributed by atoms with Gasteiger partial charge < -0.3 is 9.64 Å². The minimum Gasteiger partial charge on any atom is -0.435 e. The van der Waals surface area contributed by atoms with Gasteiger partial charge in [0, 0.05) is 44.1 Å². The second-order valence-electron chi connectivity index (χ2n) is 6.55. The first kappa shape index (κ1) is 20.0. The fraction of sp³-hybridized carbons (Fsp3) is 0.350. The summed E-state index contributed by atoms with van der Waals surface area (Å²) >= 11 is 0. The van der Waals surface area contributed by atoms with Crippen molar-refractivity contribution < 1.29 is 22.7 Å². The molecule has 0 unspecified atom stereocenters. The number of nitrogens with one attached hydrogen (secondary N) is 1. The monoisotopic (exact) mass is 393 g/mol. The van der Waals surface area contributed by atoms with Gasteiger partial charge in [-0.3, -0.25) is 10.2 Å². The van der Waals surface area contributed by atoms with Crippen LogP contribution in [0, 0.1) is 0 Å². The molecule has 0 aliphatic carbocycles. The van der Waals surface area contributed by atoms with E-state index in [1.165, 1.54) is 0 Å². The minimum absolute atomic E-state index is 0.380.